The van der Waals surface area contributed by atoms with Gasteiger partial charge in [0.05, 0.1) is 10.9 Å². The van der Waals surface area contributed by atoms with Crippen LogP contribution in [-0.2, 0) is 10.0 Å². The van der Waals surface area contributed by atoms with Gasteiger partial charge in [-0.25, -0.2) is 13.1 Å². The molecular formula is C16H21NO3S. The molecule has 4 nitrogen and oxygen atoms in total. The monoisotopic (exact) mass is 307 g/mol. The van der Waals surface area contributed by atoms with Gasteiger partial charge in [-0.3, -0.25) is 0 Å². The number of sulfonamides is 1. The van der Waals surface area contributed by atoms with Gasteiger partial charge in [-0.15, -0.1) is 0 Å². The second-order valence-electron chi connectivity index (χ2n) is 5.52. The minimum Gasteiger partial charge on any atom is -0.465 e. The van der Waals surface area contributed by atoms with Crippen LogP contribution in [0.25, 0.3) is 0 Å². The number of nitrogens with one attached hydrogen (secondary N) is 1. The highest BCUT2D eigenvalue weighted by molar-refractivity contribution is 7.89. The predicted octanol–water partition coefficient (Wildman–Crippen LogP) is 3.75. The minimum absolute atomic E-state index is 0.266. The summed E-state index contributed by atoms with van der Waals surface area (Å²) in [5, 5.41) is 0. The first-order valence-electron chi connectivity index (χ1n) is 6.98. The van der Waals surface area contributed by atoms with Crippen LogP contribution in [-0.4, -0.2) is 8.42 Å². The molecule has 5 heteroatoms. The molecule has 1 aromatic carbocycles. The van der Waals surface area contributed by atoms with E-state index in [2.05, 4.69) is 18.6 Å². The van der Waals surface area contributed by atoms with Crippen molar-refractivity contribution in [2.24, 2.45) is 0 Å². The highest BCUT2D eigenvalue weighted by atomic mass is 32.2. The Labute approximate surface area is 126 Å². The van der Waals surface area contributed by atoms with Gasteiger partial charge in [-0.05, 0) is 49.6 Å². The highest BCUT2D eigenvalue weighted by Crippen LogP contribution is 2.21. The van der Waals surface area contributed by atoms with Crippen LogP contribution in [0.5, 0.6) is 0 Å². The summed E-state index contributed by atoms with van der Waals surface area (Å²) in [6.45, 7) is 7.74. The van der Waals surface area contributed by atoms with E-state index in [9.17, 15) is 8.42 Å². The molecule has 1 unspecified atom stereocenters. The summed E-state index contributed by atoms with van der Waals surface area (Å²) < 4.78 is 32.8. The van der Waals surface area contributed by atoms with Crippen molar-refractivity contribution in [1.29, 1.82) is 0 Å². The minimum atomic E-state index is -3.55. The Morgan fingerprint density at radius 2 is 1.62 bits per heavy atom. The van der Waals surface area contributed by atoms with Gasteiger partial charge in [0.25, 0.3) is 0 Å². The topological polar surface area (TPSA) is 59.3 Å². The zero-order valence-electron chi connectivity index (χ0n) is 12.8. The molecule has 0 saturated carbocycles. The summed E-state index contributed by atoms with van der Waals surface area (Å²) in [5.74, 6) is 1.74. The third-order valence-electron chi connectivity index (χ3n) is 3.38. The van der Waals surface area contributed by atoms with Gasteiger partial charge in [0.15, 0.2) is 0 Å². The maximum absolute atomic E-state index is 12.4. The number of hydrogen-bond acceptors (Lipinski definition) is 3. The van der Waals surface area contributed by atoms with E-state index in [1.165, 1.54) is 0 Å². The molecule has 2 aromatic rings. The molecule has 1 aromatic heterocycles. The van der Waals surface area contributed by atoms with Crippen molar-refractivity contribution in [2.45, 2.75) is 44.6 Å². The fourth-order valence-corrected chi connectivity index (χ4v) is 3.29. The number of hydrogen-bond donors (Lipinski definition) is 1. The molecule has 0 spiro atoms. The van der Waals surface area contributed by atoms with Crippen molar-refractivity contribution in [2.75, 3.05) is 0 Å². The molecule has 0 aliphatic rings. The number of rotatable bonds is 5. The fourth-order valence-electron chi connectivity index (χ4n) is 2.08. The van der Waals surface area contributed by atoms with Gasteiger partial charge < -0.3 is 4.42 Å². The van der Waals surface area contributed by atoms with Crippen LogP contribution in [0.1, 0.15) is 49.8 Å². The van der Waals surface area contributed by atoms with Gasteiger partial charge >= 0.3 is 0 Å². The quantitative estimate of drug-likeness (QED) is 0.915. The van der Waals surface area contributed by atoms with Crippen LogP contribution >= 0.6 is 0 Å². The molecule has 0 bridgehead atoms. The molecule has 0 aliphatic carbocycles. The normalized spacial score (nSPS) is 13.6. The predicted molar refractivity (Wildman–Crippen MR) is 82.7 cm³/mol. The summed E-state index contributed by atoms with van der Waals surface area (Å²) in [6, 6.07) is 10.2. The van der Waals surface area contributed by atoms with E-state index in [0.29, 0.717) is 11.7 Å². The average Bonchev–Trinajstić information content (AvgIpc) is 2.85. The maximum atomic E-state index is 12.4. The number of furan rings is 1. The van der Waals surface area contributed by atoms with E-state index in [0.717, 1.165) is 11.3 Å². The van der Waals surface area contributed by atoms with Crippen molar-refractivity contribution in [3.05, 3.63) is 53.5 Å². The smallest absolute Gasteiger partial charge is 0.241 e. The molecule has 0 aliphatic heterocycles. The second kappa shape index (κ2) is 6.03. The van der Waals surface area contributed by atoms with E-state index in [4.69, 9.17) is 4.42 Å². The second-order valence-corrected chi connectivity index (χ2v) is 7.23. The third kappa shape index (κ3) is 3.74. The molecule has 0 radical (unpaired) electrons. The Balaban J connectivity index is 2.18. The van der Waals surface area contributed by atoms with Crippen molar-refractivity contribution >= 4 is 10.0 Å². The summed E-state index contributed by atoms with van der Waals surface area (Å²) in [6.07, 6.45) is 0. The Kier molecular flexibility index (Phi) is 4.54. The molecule has 0 amide bonds. The van der Waals surface area contributed by atoms with E-state index >= 15 is 0 Å². The van der Waals surface area contributed by atoms with Gasteiger partial charge in [-0.2, -0.15) is 0 Å². The number of aryl methyl sites for hydroxylation is 1. The Morgan fingerprint density at radius 3 is 2.10 bits per heavy atom. The molecular weight excluding hydrogens is 286 g/mol. The van der Waals surface area contributed by atoms with Crippen LogP contribution < -0.4 is 4.72 Å². The van der Waals surface area contributed by atoms with E-state index < -0.39 is 16.1 Å². The molecule has 1 heterocycles. The lowest BCUT2D eigenvalue weighted by atomic mass is 10.0. The summed E-state index contributed by atoms with van der Waals surface area (Å²) >= 11 is 0. The molecule has 2 rings (SSSR count). The highest BCUT2D eigenvalue weighted by Gasteiger charge is 2.20. The Bertz CT molecular complexity index is 699. The molecule has 1 atom stereocenters. The first kappa shape index (κ1) is 15.8. The lowest BCUT2D eigenvalue weighted by Gasteiger charge is -2.13. The van der Waals surface area contributed by atoms with Crippen molar-refractivity contribution < 1.29 is 12.8 Å². The van der Waals surface area contributed by atoms with Gasteiger partial charge in [0, 0.05) is 0 Å². The number of benzene rings is 1. The van der Waals surface area contributed by atoms with E-state index in [1.54, 1.807) is 25.1 Å². The maximum Gasteiger partial charge on any atom is 0.241 e. The summed E-state index contributed by atoms with van der Waals surface area (Å²) in [4.78, 5) is 0.266. The third-order valence-corrected chi connectivity index (χ3v) is 4.93. The van der Waals surface area contributed by atoms with Crippen molar-refractivity contribution in [3.8, 4) is 0 Å². The molecule has 114 valence electrons. The van der Waals surface area contributed by atoms with E-state index in [-0.39, 0.29) is 4.90 Å². The van der Waals surface area contributed by atoms with Gasteiger partial charge in [0.1, 0.15) is 11.5 Å². The first-order chi connectivity index (χ1) is 9.79. The molecule has 21 heavy (non-hydrogen) atoms. The van der Waals surface area contributed by atoms with Crippen LogP contribution in [0, 0.1) is 6.92 Å². The van der Waals surface area contributed by atoms with Crippen LogP contribution in [0.2, 0.25) is 0 Å². The SMILES string of the molecule is Cc1ccc(C(C)NS(=O)(=O)c2ccc(C(C)C)cc2)o1. The van der Waals surface area contributed by atoms with Crippen LogP contribution in [0.15, 0.2) is 45.7 Å². The Hall–Kier alpha value is -1.59. The molecule has 1 N–H and O–H groups in total. The fraction of sp³-hybridized carbons (Fsp3) is 0.375. The van der Waals surface area contributed by atoms with E-state index in [1.807, 2.05) is 25.1 Å². The van der Waals surface area contributed by atoms with Crippen LogP contribution in [0.4, 0.5) is 0 Å². The lowest BCUT2D eigenvalue weighted by molar-refractivity contribution is 0.441. The lowest BCUT2D eigenvalue weighted by Crippen LogP contribution is -2.26. The Morgan fingerprint density at radius 1 is 1.00 bits per heavy atom. The summed E-state index contributed by atoms with van der Waals surface area (Å²) in [5.41, 5.74) is 1.11. The average molecular weight is 307 g/mol. The first-order valence-corrected chi connectivity index (χ1v) is 8.46. The van der Waals surface area contributed by atoms with Gasteiger partial charge in [0.2, 0.25) is 10.0 Å². The molecule has 0 fully saturated rings. The molecule has 0 saturated heterocycles. The zero-order chi connectivity index (χ0) is 15.6. The van der Waals surface area contributed by atoms with Crippen LogP contribution in [0.3, 0.4) is 0 Å². The standard InChI is InChI=1S/C16H21NO3S/c1-11(2)14-6-8-15(9-7-14)21(18,19)17-13(4)16-10-5-12(3)20-16/h5-11,13,17H,1-4H3. The van der Waals surface area contributed by atoms with Crippen molar-refractivity contribution in [1.82, 2.24) is 4.72 Å². The van der Waals surface area contributed by atoms with Crippen molar-refractivity contribution in [3.63, 3.8) is 0 Å². The van der Waals surface area contributed by atoms with Gasteiger partial charge in [-0.1, -0.05) is 26.0 Å². The summed E-state index contributed by atoms with van der Waals surface area (Å²) in [7, 11) is -3.55. The zero-order valence-corrected chi connectivity index (χ0v) is 13.6. The largest absolute Gasteiger partial charge is 0.465 e.